The zero-order valence-electron chi connectivity index (χ0n) is 11.2. The summed E-state index contributed by atoms with van der Waals surface area (Å²) in [5.74, 6) is -0.645. The SMILES string of the molecule is COC(=O)c1sccc1S(=O)(=O)NC1CCCCC1N. The lowest BCUT2D eigenvalue weighted by Gasteiger charge is -2.28. The molecule has 20 heavy (non-hydrogen) atoms. The van der Waals surface area contributed by atoms with Crippen LogP contribution < -0.4 is 10.5 Å². The zero-order chi connectivity index (χ0) is 14.8. The third-order valence-electron chi connectivity index (χ3n) is 3.42. The van der Waals surface area contributed by atoms with Crippen LogP contribution in [0, 0.1) is 0 Å². The summed E-state index contributed by atoms with van der Waals surface area (Å²) in [6.07, 6.45) is 3.50. The molecule has 1 fully saturated rings. The number of sulfonamides is 1. The minimum atomic E-state index is -3.76. The van der Waals surface area contributed by atoms with Crippen molar-refractivity contribution < 1.29 is 17.9 Å². The fourth-order valence-electron chi connectivity index (χ4n) is 2.32. The van der Waals surface area contributed by atoms with Crippen molar-refractivity contribution in [1.29, 1.82) is 0 Å². The normalized spacial score (nSPS) is 23.5. The van der Waals surface area contributed by atoms with Gasteiger partial charge in [-0.2, -0.15) is 0 Å². The van der Waals surface area contributed by atoms with E-state index in [1.54, 1.807) is 5.38 Å². The smallest absolute Gasteiger partial charge is 0.349 e. The van der Waals surface area contributed by atoms with Crippen molar-refractivity contribution in [2.24, 2.45) is 5.73 Å². The molecule has 0 aliphatic heterocycles. The van der Waals surface area contributed by atoms with Gasteiger partial charge >= 0.3 is 5.97 Å². The Balaban J connectivity index is 2.22. The van der Waals surface area contributed by atoms with Crippen molar-refractivity contribution in [3.8, 4) is 0 Å². The maximum Gasteiger partial charge on any atom is 0.349 e. The van der Waals surface area contributed by atoms with E-state index in [1.165, 1.54) is 13.2 Å². The van der Waals surface area contributed by atoms with Crippen molar-refractivity contribution in [2.75, 3.05) is 7.11 Å². The van der Waals surface area contributed by atoms with Crippen LogP contribution in [0.5, 0.6) is 0 Å². The van der Waals surface area contributed by atoms with Gasteiger partial charge in [-0.25, -0.2) is 17.9 Å². The molecule has 112 valence electrons. The average molecular weight is 318 g/mol. The molecule has 0 aromatic carbocycles. The third kappa shape index (κ3) is 3.20. The quantitative estimate of drug-likeness (QED) is 0.810. The number of esters is 1. The predicted octanol–water partition coefficient (Wildman–Crippen LogP) is 1.08. The summed E-state index contributed by atoms with van der Waals surface area (Å²) in [7, 11) is -2.53. The number of ether oxygens (including phenoxy) is 1. The first-order valence-electron chi connectivity index (χ1n) is 6.39. The number of thiophene rings is 1. The second-order valence-electron chi connectivity index (χ2n) is 4.78. The Morgan fingerprint density at radius 3 is 2.80 bits per heavy atom. The summed E-state index contributed by atoms with van der Waals surface area (Å²) < 4.78 is 32.0. The van der Waals surface area contributed by atoms with Gasteiger partial charge in [-0.05, 0) is 24.3 Å². The number of nitrogens with one attached hydrogen (secondary N) is 1. The molecule has 0 saturated heterocycles. The van der Waals surface area contributed by atoms with E-state index in [4.69, 9.17) is 5.73 Å². The Labute approximate surface area is 122 Å². The number of methoxy groups -OCH3 is 1. The van der Waals surface area contributed by atoms with Crippen LogP contribution >= 0.6 is 11.3 Å². The number of rotatable bonds is 4. The molecular formula is C12H18N2O4S2. The average Bonchev–Trinajstić information content (AvgIpc) is 2.90. The maximum atomic E-state index is 12.4. The van der Waals surface area contributed by atoms with Crippen LogP contribution in [-0.2, 0) is 14.8 Å². The summed E-state index contributed by atoms with van der Waals surface area (Å²) in [6, 6.07) is 0.950. The van der Waals surface area contributed by atoms with Crippen molar-refractivity contribution in [1.82, 2.24) is 4.72 Å². The highest BCUT2D eigenvalue weighted by atomic mass is 32.2. The lowest BCUT2D eigenvalue weighted by atomic mass is 9.92. The van der Waals surface area contributed by atoms with E-state index >= 15 is 0 Å². The van der Waals surface area contributed by atoms with Gasteiger partial charge < -0.3 is 10.5 Å². The van der Waals surface area contributed by atoms with Gasteiger partial charge in [0, 0.05) is 12.1 Å². The lowest BCUT2D eigenvalue weighted by Crippen LogP contribution is -2.49. The predicted molar refractivity (Wildman–Crippen MR) is 76.2 cm³/mol. The van der Waals surface area contributed by atoms with Crippen molar-refractivity contribution in [3.63, 3.8) is 0 Å². The van der Waals surface area contributed by atoms with Crippen LogP contribution in [0.1, 0.15) is 35.4 Å². The van der Waals surface area contributed by atoms with Crippen LogP contribution in [0.25, 0.3) is 0 Å². The molecule has 2 rings (SSSR count). The van der Waals surface area contributed by atoms with E-state index in [0.717, 1.165) is 37.0 Å². The molecule has 0 radical (unpaired) electrons. The molecule has 2 unspecified atom stereocenters. The van der Waals surface area contributed by atoms with Gasteiger partial charge in [0.05, 0.1) is 7.11 Å². The van der Waals surface area contributed by atoms with Gasteiger partial charge in [0.1, 0.15) is 9.77 Å². The van der Waals surface area contributed by atoms with E-state index in [2.05, 4.69) is 9.46 Å². The third-order valence-corrected chi connectivity index (χ3v) is 5.97. The van der Waals surface area contributed by atoms with E-state index in [1.807, 2.05) is 0 Å². The number of carbonyl (C=O) groups excluding carboxylic acids is 1. The molecule has 0 spiro atoms. The number of hydrogen-bond donors (Lipinski definition) is 2. The Morgan fingerprint density at radius 1 is 1.45 bits per heavy atom. The minimum Gasteiger partial charge on any atom is -0.465 e. The van der Waals surface area contributed by atoms with Gasteiger partial charge in [0.15, 0.2) is 0 Å². The van der Waals surface area contributed by atoms with Gasteiger partial charge in [0.25, 0.3) is 0 Å². The van der Waals surface area contributed by atoms with Crippen LogP contribution in [0.3, 0.4) is 0 Å². The first kappa shape index (κ1) is 15.4. The molecule has 1 saturated carbocycles. The van der Waals surface area contributed by atoms with E-state index in [-0.39, 0.29) is 21.9 Å². The summed E-state index contributed by atoms with van der Waals surface area (Å²) in [5, 5.41) is 1.56. The van der Waals surface area contributed by atoms with Crippen LogP contribution in [0.2, 0.25) is 0 Å². The number of nitrogens with two attached hydrogens (primary N) is 1. The molecule has 0 bridgehead atoms. The number of carbonyl (C=O) groups is 1. The largest absolute Gasteiger partial charge is 0.465 e. The van der Waals surface area contributed by atoms with E-state index in [0.29, 0.717) is 0 Å². The highest BCUT2D eigenvalue weighted by Gasteiger charge is 2.30. The Kier molecular flexibility index (Phi) is 4.79. The molecule has 1 aromatic rings. The van der Waals surface area contributed by atoms with Crippen molar-refractivity contribution >= 4 is 27.3 Å². The van der Waals surface area contributed by atoms with Crippen LogP contribution in [0.4, 0.5) is 0 Å². The van der Waals surface area contributed by atoms with E-state index in [9.17, 15) is 13.2 Å². The molecule has 2 atom stereocenters. The second kappa shape index (κ2) is 6.21. The highest BCUT2D eigenvalue weighted by molar-refractivity contribution is 7.89. The first-order valence-corrected chi connectivity index (χ1v) is 8.75. The Bertz CT molecular complexity index is 582. The monoisotopic (exact) mass is 318 g/mol. The molecular weight excluding hydrogens is 300 g/mol. The van der Waals surface area contributed by atoms with Crippen molar-refractivity contribution in [3.05, 3.63) is 16.3 Å². The lowest BCUT2D eigenvalue weighted by molar-refractivity contribution is 0.0602. The summed E-state index contributed by atoms with van der Waals surface area (Å²) in [6.45, 7) is 0. The fourth-order valence-corrected chi connectivity index (χ4v) is 4.98. The van der Waals surface area contributed by atoms with Crippen LogP contribution in [-0.4, -0.2) is 33.6 Å². The molecule has 0 amide bonds. The molecule has 1 heterocycles. The molecule has 8 heteroatoms. The van der Waals surface area contributed by atoms with Crippen molar-refractivity contribution in [2.45, 2.75) is 42.7 Å². The second-order valence-corrected chi connectivity index (χ2v) is 7.38. The Hall–Kier alpha value is -0.960. The van der Waals surface area contributed by atoms with Crippen LogP contribution in [0.15, 0.2) is 16.3 Å². The molecule has 1 aromatic heterocycles. The fraction of sp³-hybridized carbons (Fsp3) is 0.583. The minimum absolute atomic E-state index is 0.0351. The highest BCUT2D eigenvalue weighted by Crippen LogP contribution is 2.25. The first-order chi connectivity index (χ1) is 9.45. The summed E-state index contributed by atoms with van der Waals surface area (Å²) >= 11 is 1.05. The molecule has 6 nitrogen and oxygen atoms in total. The molecule has 1 aliphatic carbocycles. The van der Waals surface area contributed by atoms with E-state index < -0.39 is 16.0 Å². The summed E-state index contributed by atoms with van der Waals surface area (Å²) in [4.78, 5) is 11.6. The zero-order valence-corrected chi connectivity index (χ0v) is 12.8. The van der Waals surface area contributed by atoms with Gasteiger partial charge in [0.2, 0.25) is 10.0 Å². The number of hydrogen-bond acceptors (Lipinski definition) is 6. The topological polar surface area (TPSA) is 98.5 Å². The standard InChI is InChI=1S/C12H18N2O4S2/c1-18-12(15)11-10(6-7-19-11)20(16,17)14-9-5-3-2-4-8(9)13/h6-9,14H,2-5,13H2,1H3. The molecule has 3 N–H and O–H groups in total. The van der Waals surface area contributed by atoms with Gasteiger partial charge in [-0.15, -0.1) is 11.3 Å². The van der Waals surface area contributed by atoms with Gasteiger partial charge in [-0.3, -0.25) is 0 Å². The summed E-state index contributed by atoms with van der Waals surface area (Å²) in [5.41, 5.74) is 5.95. The Morgan fingerprint density at radius 2 is 2.15 bits per heavy atom. The van der Waals surface area contributed by atoms with Gasteiger partial charge in [-0.1, -0.05) is 12.8 Å². The maximum absolute atomic E-state index is 12.4. The molecule has 1 aliphatic rings.